The second-order valence-electron chi connectivity index (χ2n) is 8.58. The molecule has 3 aromatic rings. The van der Waals surface area contributed by atoms with Crippen LogP contribution in [-0.4, -0.2) is 64.6 Å². The summed E-state index contributed by atoms with van der Waals surface area (Å²) in [6.45, 7) is 0.441. The van der Waals surface area contributed by atoms with E-state index in [0.717, 1.165) is 22.4 Å². The minimum absolute atomic E-state index is 0.00871. The summed E-state index contributed by atoms with van der Waals surface area (Å²) < 4.78 is 47.8. The maximum Gasteiger partial charge on any atom is 0.490 e. The lowest BCUT2D eigenvalue weighted by molar-refractivity contribution is -0.199. The zero-order valence-corrected chi connectivity index (χ0v) is 20.7. The van der Waals surface area contributed by atoms with Gasteiger partial charge >= 0.3 is 12.1 Å². The Kier molecular flexibility index (Phi) is 8.25. The van der Waals surface area contributed by atoms with E-state index in [9.17, 15) is 22.8 Å². The number of ether oxygens (including phenoxy) is 2. The Hall–Kier alpha value is -4.00. The Bertz CT molecular complexity index is 1310. The first-order valence-corrected chi connectivity index (χ1v) is 12.1. The van der Waals surface area contributed by atoms with Crippen molar-refractivity contribution in [2.45, 2.75) is 38.4 Å². The number of nitrogens with one attached hydrogen (secondary N) is 1. The average Bonchev–Trinajstić information content (AvgIpc) is 3.30. The second kappa shape index (κ2) is 11.6. The molecule has 202 valence electrons. The summed E-state index contributed by atoms with van der Waals surface area (Å²) in [5.74, 6) is -1.50. The molecule has 2 heterocycles. The SMILES string of the molecule is COc1ccc(-c2ncc3c(n2)-c2c(c(C(=O)NCCCOC(=O)C(F)(F)F)nn2CCCN)CC3)cc1. The number of benzene rings is 1. The first-order chi connectivity index (χ1) is 18.2. The topological polar surface area (TPSA) is 134 Å². The highest BCUT2D eigenvalue weighted by Crippen LogP contribution is 2.35. The normalized spacial score (nSPS) is 12.4. The van der Waals surface area contributed by atoms with Crippen molar-refractivity contribution in [1.29, 1.82) is 0 Å². The van der Waals surface area contributed by atoms with Gasteiger partial charge in [0, 0.05) is 30.4 Å². The summed E-state index contributed by atoms with van der Waals surface area (Å²) in [5.41, 5.74) is 9.82. The van der Waals surface area contributed by atoms with E-state index in [0.29, 0.717) is 49.6 Å². The van der Waals surface area contributed by atoms with Crippen LogP contribution in [0.2, 0.25) is 0 Å². The molecule has 0 aliphatic heterocycles. The van der Waals surface area contributed by atoms with Crippen molar-refractivity contribution in [2.75, 3.05) is 26.8 Å². The highest BCUT2D eigenvalue weighted by molar-refractivity contribution is 5.96. The summed E-state index contributed by atoms with van der Waals surface area (Å²) in [7, 11) is 1.59. The van der Waals surface area contributed by atoms with Gasteiger partial charge in [0.15, 0.2) is 11.5 Å². The number of hydrogen-bond acceptors (Lipinski definition) is 8. The van der Waals surface area contributed by atoms with Crippen LogP contribution in [0.15, 0.2) is 30.5 Å². The van der Waals surface area contributed by atoms with E-state index in [1.54, 1.807) is 18.0 Å². The molecule has 1 aliphatic rings. The van der Waals surface area contributed by atoms with Crippen LogP contribution < -0.4 is 15.8 Å². The van der Waals surface area contributed by atoms with Gasteiger partial charge in [0.05, 0.1) is 25.1 Å². The fourth-order valence-corrected chi connectivity index (χ4v) is 4.12. The number of fused-ring (bicyclic) bond motifs is 3. The minimum Gasteiger partial charge on any atom is -0.497 e. The van der Waals surface area contributed by atoms with Gasteiger partial charge in [-0.05, 0) is 62.1 Å². The van der Waals surface area contributed by atoms with Crippen LogP contribution in [0.4, 0.5) is 13.2 Å². The molecule has 13 heteroatoms. The fraction of sp³-hybridized carbons (Fsp3) is 0.400. The quantitative estimate of drug-likeness (QED) is 0.301. The number of carbonyl (C=O) groups excluding carboxylic acids is 2. The molecule has 0 spiro atoms. The van der Waals surface area contributed by atoms with E-state index in [-0.39, 0.29) is 18.7 Å². The van der Waals surface area contributed by atoms with Crippen molar-refractivity contribution in [2.24, 2.45) is 5.73 Å². The smallest absolute Gasteiger partial charge is 0.490 e. The second-order valence-corrected chi connectivity index (χ2v) is 8.58. The Morgan fingerprint density at radius 2 is 1.92 bits per heavy atom. The van der Waals surface area contributed by atoms with Crippen LogP contribution in [-0.2, 0) is 28.9 Å². The molecule has 10 nitrogen and oxygen atoms in total. The monoisotopic (exact) mass is 532 g/mol. The van der Waals surface area contributed by atoms with E-state index in [4.69, 9.17) is 15.5 Å². The van der Waals surface area contributed by atoms with Crippen LogP contribution in [0.3, 0.4) is 0 Å². The molecule has 1 amide bonds. The number of halogens is 3. The predicted octanol–water partition coefficient (Wildman–Crippen LogP) is 2.69. The molecular formula is C25H27F3N6O4. The molecule has 0 saturated heterocycles. The van der Waals surface area contributed by atoms with Crippen LogP contribution in [0, 0.1) is 0 Å². The number of hydrogen-bond donors (Lipinski definition) is 2. The zero-order valence-electron chi connectivity index (χ0n) is 20.7. The van der Waals surface area contributed by atoms with Crippen molar-refractivity contribution in [3.05, 3.63) is 47.3 Å². The Morgan fingerprint density at radius 1 is 1.16 bits per heavy atom. The van der Waals surface area contributed by atoms with Crippen LogP contribution >= 0.6 is 0 Å². The maximum absolute atomic E-state index is 13.0. The third-order valence-corrected chi connectivity index (χ3v) is 5.99. The van der Waals surface area contributed by atoms with Gasteiger partial charge in [-0.25, -0.2) is 14.8 Å². The lowest BCUT2D eigenvalue weighted by atomic mass is 9.93. The molecule has 2 aromatic heterocycles. The van der Waals surface area contributed by atoms with E-state index >= 15 is 0 Å². The highest BCUT2D eigenvalue weighted by atomic mass is 19.4. The number of methoxy groups -OCH3 is 1. The average molecular weight is 533 g/mol. The Morgan fingerprint density at radius 3 is 2.61 bits per heavy atom. The molecule has 3 N–H and O–H groups in total. The molecule has 0 atom stereocenters. The van der Waals surface area contributed by atoms with Gasteiger partial charge in [0.1, 0.15) is 5.75 Å². The predicted molar refractivity (Wildman–Crippen MR) is 130 cm³/mol. The summed E-state index contributed by atoms with van der Waals surface area (Å²) in [6, 6.07) is 7.37. The van der Waals surface area contributed by atoms with Gasteiger partial charge in [-0.1, -0.05) is 0 Å². The third-order valence-electron chi connectivity index (χ3n) is 5.99. The molecule has 0 bridgehead atoms. The van der Waals surface area contributed by atoms with E-state index in [1.807, 2.05) is 24.3 Å². The number of carbonyl (C=O) groups is 2. The van der Waals surface area contributed by atoms with Crippen LogP contribution in [0.5, 0.6) is 5.75 Å². The lowest BCUT2D eigenvalue weighted by Crippen LogP contribution is -2.29. The van der Waals surface area contributed by atoms with Gasteiger partial charge in [0.2, 0.25) is 0 Å². The number of esters is 1. The largest absolute Gasteiger partial charge is 0.497 e. The highest BCUT2D eigenvalue weighted by Gasteiger charge is 2.40. The molecule has 38 heavy (non-hydrogen) atoms. The number of nitrogens with two attached hydrogens (primary N) is 1. The molecule has 0 saturated carbocycles. The molecule has 1 aromatic carbocycles. The van der Waals surface area contributed by atoms with E-state index in [2.05, 4.69) is 20.1 Å². The van der Waals surface area contributed by atoms with Crippen molar-refractivity contribution < 1.29 is 32.2 Å². The Balaban J connectivity index is 1.56. The number of alkyl halides is 3. The standard InChI is InChI=1S/C25H27F3N6O4/c1-37-17-7-4-15(5-8-17)22-31-14-16-6-9-18-20(33-34(12-2-10-29)21(18)19(16)32-22)23(35)30-11-3-13-38-24(36)25(26,27)28/h4-5,7-8,14H,2-3,6,9-13,29H2,1H3,(H,30,35). The zero-order chi connectivity index (χ0) is 27.3. The number of rotatable bonds is 10. The molecule has 4 rings (SSSR count). The van der Waals surface area contributed by atoms with Gasteiger partial charge in [-0.2, -0.15) is 18.3 Å². The van der Waals surface area contributed by atoms with Gasteiger partial charge < -0.3 is 20.5 Å². The van der Waals surface area contributed by atoms with Crippen molar-refractivity contribution >= 4 is 11.9 Å². The van der Waals surface area contributed by atoms with Crippen LogP contribution in [0.25, 0.3) is 22.8 Å². The number of nitrogens with zero attached hydrogens (tertiary/aromatic N) is 4. The van der Waals surface area contributed by atoms with Gasteiger partial charge in [0.25, 0.3) is 5.91 Å². The molecule has 0 fully saturated rings. The molecule has 1 aliphatic carbocycles. The number of amides is 1. The summed E-state index contributed by atoms with van der Waals surface area (Å²) in [6.07, 6.45) is -1.46. The first-order valence-electron chi connectivity index (χ1n) is 12.1. The molecular weight excluding hydrogens is 505 g/mol. The molecule has 0 radical (unpaired) electrons. The van der Waals surface area contributed by atoms with E-state index in [1.165, 1.54) is 0 Å². The van der Waals surface area contributed by atoms with E-state index < -0.39 is 24.7 Å². The maximum atomic E-state index is 13.0. The Labute approximate surface area is 216 Å². The first kappa shape index (κ1) is 27.0. The van der Waals surface area contributed by atoms with Crippen molar-refractivity contribution in [3.8, 4) is 28.5 Å². The third kappa shape index (κ3) is 5.93. The van der Waals surface area contributed by atoms with Crippen molar-refractivity contribution in [1.82, 2.24) is 25.1 Å². The minimum atomic E-state index is -5.05. The fourth-order valence-electron chi connectivity index (χ4n) is 4.12. The number of aryl methyl sites for hydroxylation is 2. The van der Waals surface area contributed by atoms with Crippen LogP contribution in [0.1, 0.15) is 34.5 Å². The summed E-state index contributed by atoms with van der Waals surface area (Å²) in [5, 5.41) is 7.20. The lowest BCUT2D eigenvalue weighted by Gasteiger charge is -2.18. The number of aromatic nitrogens is 4. The van der Waals surface area contributed by atoms with Gasteiger partial charge in [-0.15, -0.1) is 0 Å². The van der Waals surface area contributed by atoms with Gasteiger partial charge in [-0.3, -0.25) is 9.48 Å². The summed E-state index contributed by atoms with van der Waals surface area (Å²) >= 11 is 0. The molecule has 0 unspecified atom stereocenters. The summed E-state index contributed by atoms with van der Waals surface area (Å²) in [4.78, 5) is 33.1. The van der Waals surface area contributed by atoms with Crippen molar-refractivity contribution in [3.63, 3.8) is 0 Å².